The van der Waals surface area contributed by atoms with Gasteiger partial charge in [0, 0.05) is 82.9 Å². The van der Waals surface area contributed by atoms with Crippen LogP contribution in [0, 0.1) is 23.7 Å². The Morgan fingerprint density at radius 1 is 0.381 bits per heavy atom. The van der Waals surface area contributed by atoms with Crippen LogP contribution in [-0.2, 0) is 47.5 Å². The van der Waals surface area contributed by atoms with Gasteiger partial charge >= 0.3 is 0 Å². The molecule has 63 heavy (non-hydrogen) atoms. The van der Waals surface area contributed by atoms with Crippen LogP contribution in [0.5, 0.6) is 0 Å². The summed E-state index contributed by atoms with van der Waals surface area (Å²) in [6.45, 7) is 30.4. The Hall–Kier alpha value is -1.50. The minimum Gasteiger partial charge on any atom is -0.385 e. The van der Waals surface area contributed by atoms with Crippen LogP contribution in [0.15, 0.2) is 23.3 Å². The van der Waals surface area contributed by atoms with Gasteiger partial charge in [-0.05, 0) is 103 Å². The highest BCUT2D eigenvalue weighted by molar-refractivity contribution is 5.75. The van der Waals surface area contributed by atoms with Crippen molar-refractivity contribution in [2.75, 3.05) is 110 Å². The molecule has 0 radical (unpaired) electrons. The molecule has 0 saturated carbocycles. The SMILES string of the molecule is C.C.C.CC.CC.COCC=C(C)CCCC(C)C.COCC=C(C)CCCC(C)C.COCCC(CCC(C)=O)C(CCOC)CCC(C)=O.COCCOC.COCCOC. The number of carbonyl (C=O) groups is 2. The van der Waals surface area contributed by atoms with E-state index in [0.29, 0.717) is 64.3 Å². The predicted octanol–water partition coefficient (Wildman–Crippen LogP) is 14.4. The first-order valence-electron chi connectivity index (χ1n) is 22.9. The number of Topliss-reactive ketones (excluding diaryl/α,β-unsaturated/α-hetero) is 2. The second-order valence-corrected chi connectivity index (χ2v) is 15.1. The third-order valence-corrected chi connectivity index (χ3v) is 8.67. The van der Waals surface area contributed by atoms with Crippen molar-refractivity contribution in [1.29, 1.82) is 0 Å². The third kappa shape index (κ3) is 95.8. The smallest absolute Gasteiger partial charge is 0.129 e. The zero-order valence-electron chi connectivity index (χ0n) is 43.7. The van der Waals surface area contributed by atoms with E-state index in [1.807, 2.05) is 27.7 Å². The molecule has 390 valence electrons. The van der Waals surface area contributed by atoms with Gasteiger partial charge in [-0.2, -0.15) is 0 Å². The summed E-state index contributed by atoms with van der Waals surface area (Å²) in [5.74, 6) is 2.97. The Balaban J connectivity index is -0.0000000716. The summed E-state index contributed by atoms with van der Waals surface area (Å²) in [4.78, 5) is 22.4. The van der Waals surface area contributed by atoms with E-state index in [2.05, 4.69) is 72.6 Å². The van der Waals surface area contributed by atoms with E-state index in [4.69, 9.17) is 18.9 Å². The Labute approximate surface area is 397 Å². The fraction of sp³-hybridized carbons (Fsp3) is 0.887. The van der Waals surface area contributed by atoms with Crippen molar-refractivity contribution in [1.82, 2.24) is 0 Å². The number of hydrogen-bond donors (Lipinski definition) is 0. The zero-order chi connectivity index (χ0) is 47.8. The summed E-state index contributed by atoms with van der Waals surface area (Å²) in [7, 11) is 13.5. The van der Waals surface area contributed by atoms with Gasteiger partial charge in [-0.3, -0.25) is 0 Å². The fourth-order valence-corrected chi connectivity index (χ4v) is 5.11. The summed E-state index contributed by atoms with van der Waals surface area (Å²) >= 11 is 0. The van der Waals surface area contributed by atoms with Crippen LogP contribution in [0.3, 0.4) is 0 Å². The lowest BCUT2D eigenvalue weighted by atomic mass is 9.80. The van der Waals surface area contributed by atoms with E-state index < -0.39 is 0 Å². The van der Waals surface area contributed by atoms with Crippen LogP contribution < -0.4 is 0 Å². The van der Waals surface area contributed by atoms with Crippen molar-refractivity contribution >= 4 is 11.6 Å². The Morgan fingerprint density at radius 3 is 0.825 bits per heavy atom. The van der Waals surface area contributed by atoms with E-state index in [9.17, 15) is 9.59 Å². The molecular formula is C53H118O10. The molecule has 0 aromatic rings. The number of methoxy groups -OCH3 is 8. The minimum atomic E-state index is 0. The molecule has 0 aliphatic heterocycles. The highest BCUT2D eigenvalue weighted by atomic mass is 16.5. The highest BCUT2D eigenvalue weighted by Crippen LogP contribution is 2.29. The van der Waals surface area contributed by atoms with Gasteiger partial charge < -0.3 is 47.5 Å². The van der Waals surface area contributed by atoms with E-state index in [0.717, 1.165) is 50.7 Å². The maximum absolute atomic E-state index is 11.2. The van der Waals surface area contributed by atoms with Crippen molar-refractivity contribution in [3.8, 4) is 0 Å². The van der Waals surface area contributed by atoms with Gasteiger partial charge in [0.15, 0.2) is 0 Å². The van der Waals surface area contributed by atoms with Crippen LogP contribution in [0.4, 0.5) is 0 Å². The van der Waals surface area contributed by atoms with Crippen LogP contribution in [0.2, 0.25) is 0 Å². The topological polar surface area (TPSA) is 108 Å². The molecule has 0 heterocycles. The number of rotatable bonds is 31. The number of ketones is 2. The summed E-state index contributed by atoms with van der Waals surface area (Å²) < 4.78 is 38.9. The molecule has 10 heteroatoms. The van der Waals surface area contributed by atoms with Crippen molar-refractivity contribution in [3.63, 3.8) is 0 Å². The zero-order valence-corrected chi connectivity index (χ0v) is 43.7. The predicted molar refractivity (Wildman–Crippen MR) is 279 cm³/mol. The number of allylic oxidation sites excluding steroid dienone is 2. The van der Waals surface area contributed by atoms with Gasteiger partial charge in [-0.15, -0.1) is 0 Å². The average Bonchev–Trinajstić information content (AvgIpc) is 3.23. The second kappa shape index (κ2) is 77.7. The molecule has 0 aromatic heterocycles. The van der Waals surface area contributed by atoms with Gasteiger partial charge in [0.1, 0.15) is 11.6 Å². The van der Waals surface area contributed by atoms with Gasteiger partial charge in [-0.1, -0.05) is 114 Å². The summed E-state index contributed by atoms with van der Waals surface area (Å²) in [5, 5.41) is 0. The standard InChI is InChI=1S/C16H30O4.2C11H22O.2C4H10O2.2C2H6.3CH4/c1-13(17)5-7-15(9-11-19-3)16(10-12-20-4)8-6-14(2)18;2*1-10(2)6-5-7-11(3)8-9-12-4;2*1-5-3-4-6-2;2*1-2;;;/h15-16H,5-12H2,1-4H3;2*8,10H,5-7,9H2,1-4H3;2*3-4H2,1-2H3;2*1-2H3;3*1H4. The normalized spacial score (nSPS) is 11.1. The molecule has 0 N–H and O–H groups in total. The first kappa shape index (κ1) is 84.9. The number of hydrogen-bond acceptors (Lipinski definition) is 10. The Kier molecular flexibility index (Phi) is 105. The molecule has 0 rings (SSSR count). The third-order valence-electron chi connectivity index (χ3n) is 8.67. The van der Waals surface area contributed by atoms with Crippen LogP contribution in [-0.4, -0.2) is 121 Å². The molecule has 0 spiro atoms. The minimum absolute atomic E-state index is 0. The number of ether oxygens (including phenoxy) is 8. The molecule has 10 nitrogen and oxygen atoms in total. The number of carbonyl (C=O) groups excluding carboxylic acids is 2. The van der Waals surface area contributed by atoms with Crippen molar-refractivity contribution in [2.24, 2.45) is 23.7 Å². The quantitative estimate of drug-likeness (QED) is 0.0493. The van der Waals surface area contributed by atoms with Gasteiger partial charge in [-0.25, -0.2) is 0 Å². The van der Waals surface area contributed by atoms with E-state index >= 15 is 0 Å². The lowest BCUT2D eigenvalue weighted by Gasteiger charge is -2.26. The second-order valence-electron chi connectivity index (χ2n) is 15.1. The molecule has 0 amide bonds. The van der Waals surface area contributed by atoms with E-state index in [-0.39, 0.29) is 33.8 Å². The molecule has 0 bridgehead atoms. The molecule has 2 unspecified atom stereocenters. The molecule has 0 aliphatic rings. The average molecular weight is 916 g/mol. The molecular weight excluding hydrogens is 797 g/mol. The monoisotopic (exact) mass is 915 g/mol. The maximum Gasteiger partial charge on any atom is 0.129 e. The van der Waals surface area contributed by atoms with Gasteiger partial charge in [0.2, 0.25) is 0 Å². The fourth-order valence-electron chi connectivity index (χ4n) is 5.11. The summed E-state index contributed by atoms with van der Waals surface area (Å²) in [6, 6.07) is 0. The first-order chi connectivity index (χ1) is 28.7. The first-order valence-corrected chi connectivity index (χ1v) is 22.9. The Bertz CT molecular complexity index is 768. The highest BCUT2D eigenvalue weighted by Gasteiger charge is 2.22. The van der Waals surface area contributed by atoms with Crippen LogP contribution in [0.25, 0.3) is 0 Å². The lowest BCUT2D eigenvalue weighted by molar-refractivity contribution is -0.118. The molecule has 0 saturated heterocycles. The maximum atomic E-state index is 11.2. The molecule has 0 aromatic carbocycles. The lowest BCUT2D eigenvalue weighted by Crippen LogP contribution is -2.20. The van der Waals surface area contributed by atoms with Gasteiger partial charge in [0.25, 0.3) is 0 Å². The molecule has 0 fully saturated rings. The Morgan fingerprint density at radius 2 is 0.635 bits per heavy atom. The summed E-state index contributed by atoms with van der Waals surface area (Å²) in [6.07, 6.45) is 16.9. The van der Waals surface area contributed by atoms with Crippen LogP contribution in [0.1, 0.15) is 182 Å². The van der Waals surface area contributed by atoms with Crippen molar-refractivity contribution in [3.05, 3.63) is 23.3 Å². The molecule has 2 atom stereocenters. The molecule has 0 aliphatic carbocycles. The van der Waals surface area contributed by atoms with Crippen molar-refractivity contribution in [2.45, 2.75) is 182 Å². The van der Waals surface area contributed by atoms with Gasteiger partial charge in [0.05, 0.1) is 39.6 Å². The summed E-state index contributed by atoms with van der Waals surface area (Å²) in [5.41, 5.74) is 2.91. The van der Waals surface area contributed by atoms with E-state index in [1.54, 1.807) is 70.7 Å². The van der Waals surface area contributed by atoms with E-state index in [1.165, 1.54) is 49.7 Å². The van der Waals surface area contributed by atoms with Crippen molar-refractivity contribution < 1.29 is 47.5 Å². The largest absolute Gasteiger partial charge is 0.385 e. The van der Waals surface area contributed by atoms with Crippen LogP contribution >= 0.6 is 0 Å².